The second-order valence-corrected chi connectivity index (χ2v) is 17.6. The van der Waals surface area contributed by atoms with Crippen LogP contribution in [0.15, 0.2) is 200 Å². The molecule has 5 aliphatic rings. The Labute approximate surface area is 348 Å². The van der Waals surface area contributed by atoms with Crippen molar-refractivity contribution in [1.29, 1.82) is 0 Å². The van der Waals surface area contributed by atoms with Gasteiger partial charge < -0.3 is 4.90 Å². The number of hydrogen-bond donors (Lipinski definition) is 0. The molecule has 1 spiro atoms. The second kappa shape index (κ2) is 13.8. The summed E-state index contributed by atoms with van der Waals surface area (Å²) in [6, 6.07) is 74.8. The molecule has 0 N–H and O–H groups in total. The minimum absolute atomic E-state index is 0.0887. The molecule has 0 saturated heterocycles. The molecule has 4 saturated carbocycles. The van der Waals surface area contributed by atoms with Crippen LogP contribution in [0.4, 0.5) is 17.1 Å². The number of fused-ring (bicyclic) bond motifs is 3. The van der Waals surface area contributed by atoms with Gasteiger partial charge in [-0.3, -0.25) is 0 Å². The Morgan fingerprint density at radius 3 is 1.44 bits per heavy atom. The van der Waals surface area contributed by atoms with Gasteiger partial charge >= 0.3 is 0 Å². The van der Waals surface area contributed by atoms with E-state index in [0.29, 0.717) is 11.8 Å². The molecule has 0 aliphatic heterocycles. The number of rotatable bonds is 7. The van der Waals surface area contributed by atoms with E-state index >= 15 is 0 Å². The standard InChI is InChI=1S/C58H47N/c1-3-16-41(17-4-1)42-30-32-46(33-31-42)59(55-28-14-12-24-51(55)50-23-10-9-22-49(50)48-21-8-7-20-47(48)43-18-5-2-6-19-43)56-29-15-27-54-57(56)52-25-11-13-26-53(52)58(54)44-35-39-34-40(37-44)38-45(58)36-39/h1-33,39-40,44-45H,34-38H2. The summed E-state index contributed by atoms with van der Waals surface area (Å²) in [5.74, 6) is 3.22. The molecule has 0 heterocycles. The van der Waals surface area contributed by atoms with Crippen LogP contribution in [0.5, 0.6) is 0 Å². The van der Waals surface area contributed by atoms with Gasteiger partial charge in [0.25, 0.3) is 0 Å². The SMILES string of the molecule is c1ccc(-c2ccc(N(c3ccccc3-c3ccccc3-c3ccccc3-c3ccccc3)c3cccc4c3-c3ccccc3C43C4CC5CC(C4)CC3C5)cc2)cc1. The maximum absolute atomic E-state index is 2.59. The lowest BCUT2D eigenvalue weighted by Crippen LogP contribution is -2.55. The van der Waals surface area contributed by atoms with Crippen LogP contribution in [0.25, 0.3) is 55.6 Å². The fraction of sp³-hybridized carbons (Fsp3) is 0.172. The Morgan fingerprint density at radius 2 is 0.780 bits per heavy atom. The van der Waals surface area contributed by atoms with E-state index in [0.717, 1.165) is 17.5 Å². The van der Waals surface area contributed by atoms with Crippen molar-refractivity contribution < 1.29 is 0 Å². The lowest BCUT2D eigenvalue weighted by atomic mass is 9.43. The van der Waals surface area contributed by atoms with Gasteiger partial charge in [0.15, 0.2) is 0 Å². The lowest BCUT2D eigenvalue weighted by Gasteiger charge is -2.61. The van der Waals surface area contributed by atoms with Crippen LogP contribution in [0, 0.1) is 23.7 Å². The summed E-state index contributed by atoms with van der Waals surface area (Å²) in [5, 5.41) is 0. The molecule has 0 aromatic heterocycles. The highest BCUT2D eigenvalue weighted by molar-refractivity contribution is 6.01. The summed E-state index contributed by atoms with van der Waals surface area (Å²) >= 11 is 0. The first-order chi connectivity index (χ1) is 29.3. The van der Waals surface area contributed by atoms with Crippen molar-refractivity contribution in [3.8, 4) is 55.6 Å². The molecule has 13 rings (SSSR count). The quantitative estimate of drug-likeness (QED) is 0.156. The molecule has 1 nitrogen and oxygen atoms in total. The van der Waals surface area contributed by atoms with Crippen LogP contribution in [0.1, 0.15) is 43.2 Å². The molecule has 8 aromatic rings. The Balaban J connectivity index is 1.09. The molecule has 284 valence electrons. The summed E-state index contributed by atoms with van der Waals surface area (Å²) in [5.41, 5.74) is 19.6. The Hall–Kier alpha value is -6.44. The van der Waals surface area contributed by atoms with Gasteiger partial charge in [-0.15, -0.1) is 0 Å². The fourth-order valence-corrected chi connectivity index (χ4v) is 12.6. The topological polar surface area (TPSA) is 3.24 Å². The van der Waals surface area contributed by atoms with Crippen LogP contribution in [-0.4, -0.2) is 0 Å². The molecular formula is C58H47N. The summed E-state index contributed by atoms with van der Waals surface area (Å²) in [6.07, 6.45) is 6.96. The van der Waals surface area contributed by atoms with Crippen LogP contribution >= 0.6 is 0 Å². The van der Waals surface area contributed by atoms with E-state index in [9.17, 15) is 0 Å². The first-order valence-corrected chi connectivity index (χ1v) is 21.8. The highest BCUT2D eigenvalue weighted by Gasteiger charge is 2.61. The molecule has 59 heavy (non-hydrogen) atoms. The first-order valence-electron chi connectivity index (χ1n) is 21.8. The highest BCUT2D eigenvalue weighted by atomic mass is 15.1. The zero-order valence-corrected chi connectivity index (χ0v) is 33.3. The first kappa shape index (κ1) is 34.6. The lowest BCUT2D eigenvalue weighted by molar-refractivity contribution is -0.0399. The van der Waals surface area contributed by atoms with Crippen molar-refractivity contribution in [3.63, 3.8) is 0 Å². The van der Waals surface area contributed by atoms with Crippen molar-refractivity contribution in [2.45, 2.75) is 37.5 Å². The summed E-state index contributed by atoms with van der Waals surface area (Å²) < 4.78 is 0. The largest absolute Gasteiger partial charge is 0.309 e. The Morgan fingerprint density at radius 1 is 0.322 bits per heavy atom. The molecule has 0 radical (unpaired) electrons. The monoisotopic (exact) mass is 757 g/mol. The molecule has 8 aromatic carbocycles. The third-order valence-corrected chi connectivity index (χ3v) is 14.7. The molecule has 4 bridgehead atoms. The molecule has 5 aliphatic carbocycles. The number of hydrogen-bond acceptors (Lipinski definition) is 1. The predicted molar refractivity (Wildman–Crippen MR) is 246 cm³/mol. The Bertz CT molecular complexity index is 2810. The van der Waals surface area contributed by atoms with E-state index in [-0.39, 0.29) is 5.41 Å². The van der Waals surface area contributed by atoms with Crippen molar-refractivity contribution in [3.05, 3.63) is 211 Å². The maximum atomic E-state index is 2.59. The van der Waals surface area contributed by atoms with Crippen LogP contribution < -0.4 is 4.90 Å². The van der Waals surface area contributed by atoms with Gasteiger partial charge in [-0.1, -0.05) is 176 Å². The number of benzene rings is 8. The van der Waals surface area contributed by atoms with E-state index in [1.54, 1.807) is 11.1 Å². The molecule has 0 atom stereocenters. The average molecular weight is 758 g/mol. The highest BCUT2D eigenvalue weighted by Crippen LogP contribution is 2.70. The average Bonchev–Trinajstić information content (AvgIpc) is 3.60. The molecule has 1 heteroatoms. The van der Waals surface area contributed by atoms with E-state index in [4.69, 9.17) is 0 Å². The number of anilines is 3. The third-order valence-electron chi connectivity index (χ3n) is 14.7. The minimum Gasteiger partial charge on any atom is -0.309 e. The number of para-hydroxylation sites is 1. The van der Waals surface area contributed by atoms with Crippen LogP contribution in [0.3, 0.4) is 0 Å². The van der Waals surface area contributed by atoms with Gasteiger partial charge in [-0.2, -0.15) is 0 Å². The van der Waals surface area contributed by atoms with Gasteiger partial charge in [0, 0.05) is 22.2 Å². The van der Waals surface area contributed by atoms with Crippen LogP contribution in [0.2, 0.25) is 0 Å². The van der Waals surface area contributed by atoms with Crippen molar-refractivity contribution in [2.24, 2.45) is 23.7 Å². The van der Waals surface area contributed by atoms with Crippen molar-refractivity contribution >= 4 is 17.1 Å². The van der Waals surface area contributed by atoms with Gasteiger partial charge in [0.2, 0.25) is 0 Å². The number of nitrogens with zero attached hydrogens (tertiary/aromatic N) is 1. The van der Waals surface area contributed by atoms with Crippen molar-refractivity contribution in [2.75, 3.05) is 4.90 Å². The van der Waals surface area contributed by atoms with E-state index in [1.807, 2.05) is 0 Å². The molecule has 0 unspecified atom stereocenters. The zero-order chi connectivity index (χ0) is 38.9. The summed E-state index contributed by atoms with van der Waals surface area (Å²) in [4.78, 5) is 2.59. The third kappa shape index (κ3) is 5.37. The van der Waals surface area contributed by atoms with Gasteiger partial charge in [0.1, 0.15) is 0 Å². The molecule has 0 amide bonds. The van der Waals surface area contributed by atoms with E-state index in [2.05, 4.69) is 205 Å². The van der Waals surface area contributed by atoms with Gasteiger partial charge in [-0.25, -0.2) is 0 Å². The van der Waals surface area contributed by atoms with E-state index < -0.39 is 0 Å². The van der Waals surface area contributed by atoms with Crippen LogP contribution in [-0.2, 0) is 5.41 Å². The zero-order valence-electron chi connectivity index (χ0n) is 33.3. The van der Waals surface area contributed by atoms with E-state index in [1.165, 1.54) is 99.1 Å². The minimum atomic E-state index is 0.0887. The molecular weight excluding hydrogens is 711 g/mol. The van der Waals surface area contributed by atoms with Gasteiger partial charge in [-0.05, 0) is 136 Å². The smallest absolute Gasteiger partial charge is 0.0543 e. The predicted octanol–water partition coefficient (Wildman–Crippen LogP) is 15.5. The second-order valence-electron chi connectivity index (χ2n) is 17.6. The summed E-state index contributed by atoms with van der Waals surface area (Å²) in [7, 11) is 0. The van der Waals surface area contributed by atoms with Crippen molar-refractivity contribution in [1.82, 2.24) is 0 Å². The normalized spacial score (nSPS) is 22.0. The van der Waals surface area contributed by atoms with Gasteiger partial charge in [0.05, 0.1) is 11.4 Å². The fourth-order valence-electron chi connectivity index (χ4n) is 12.6. The summed E-state index contributed by atoms with van der Waals surface area (Å²) in [6.45, 7) is 0. The Kier molecular flexibility index (Phi) is 8.12. The maximum Gasteiger partial charge on any atom is 0.0543 e. The molecule has 4 fully saturated rings.